The highest BCUT2D eigenvalue weighted by atomic mass is 16.5. The summed E-state index contributed by atoms with van der Waals surface area (Å²) in [5.41, 5.74) is 2.46. The van der Waals surface area contributed by atoms with Gasteiger partial charge in [0, 0.05) is 44.5 Å². The molecule has 1 aliphatic heterocycles. The van der Waals surface area contributed by atoms with Gasteiger partial charge in [0.15, 0.2) is 5.78 Å². The summed E-state index contributed by atoms with van der Waals surface area (Å²) in [4.78, 5) is 25.9. The van der Waals surface area contributed by atoms with Crippen LogP contribution in [-0.2, 0) is 32.5 Å². The predicted molar refractivity (Wildman–Crippen MR) is 136 cm³/mol. The lowest BCUT2D eigenvalue weighted by Gasteiger charge is -2.30. The molecule has 1 aliphatic carbocycles. The highest BCUT2D eigenvalue weighted by Gasteiger charge is 2.37. The van der Waals surface area contributed by atoms with E-state index in [1.54, 1.807) is 7.11 Å². The molecule has 35 heavy (non-hydrogen) atoms. The first-order valence-electron chi connectivity index (χ1n) is 13.2. The molecule has 1 saturated heterocycles. The number of nitrogens with one attached hydrogen (secondary N) is 1. The number of hydrogen-bond acceptors (Lipinski definition) is 6. The van der Waals surface area contributed by atoms with Crippen LogP contribution in [0.5, 0.6) is 0 Å². The number of hydrogen-bond donors (Lipinski definition) is 1. The number of carbonyl (C=O) groups is 2. The molecule has 7 heteroatoms. The Bertz CT molecular complexity index is 995. The number of rotatable bonds is 12. The second-order valence-electron chi connectivity index (χ2n) is 10.0. The first-order chi connectivity index (χ1) is 17.1. The fourth-order valence-corrected chi connectivity index (χ4v) is 5.81. The zero-order valence-electron chi connectivity index (χ0n) is 21.2. The number of carbonyl (C=O) groups excluding carboxylic acids is 2. The summed E-state index contributed by atoms with van der Waals surface area (Å²) >= 11 is 0. The smallest absolute Gasteiger partial charge is 0.354 e. The Labute approximate surface area is 208 Å². The molecule has 2 fully saturated rings. The fraction of sp³-hybridized carbons (Fsp3) is 0.643. The Morgan fingerprint density at radius 1 is 1.03 bits per heavy atom. The van der Waals surface area contributed by atoms with Crippen molar-refractivity contribution in [2.75, 3.05) is 40.1 Å². The Hall–Kier alpha value is -2.22. The van der Waals surface area contributed by atoms with Crippen LogP contribution in [0.15, 0.2) is 24.3 Å². The second kappa shape index (κ2) is 12.7. The summed E-state index contributed by atoms with van der Waals surface area (Å²) in [6.07, 6.45) is 8.67. The van der Waals surface area contributed by atoms with Crippen molar-refractivity contribution in [2.24, 2.45) is 18.9 Å². The van der Waals surface area contributed by atoms with E-state index in [-0.39, 0.29) is 12.0 Å². The summed E-state index contributed by atoms with van der Waals surface area (Å²) in [5, 5.41) is 4.45. The van der Waals surface area contributed by atoms with Gasteiger partial charge in [-0.25, -0.2) is 4.79 Å². The van der Waals surface area contributed by atoms with Crippen LogP contribution in [-0.4, -0.2) is 62.4 Å². The normalized spacial score (nSPS) is 21.0. The van der Waals surface area contributed by atoms with Crippen molar-refractivity contribution in [1.29, 1.82) is 0 Å². The standard InChI is InChI=1S/C28H40N2O5/c1-30-24-10-9-20(18-26(31)27-23(11-12-29-27)21-7-4-3-5-8-21)17-22(24)19-25(30)28(32)35-14-6-13-34-16-15-33-2/h9-10,17,19,21,23,27,29H,3-8,11-16,18H2,1-2H3/t23-,27-/m0/s1. The third-order valence-electron chi connectivity index (χ3n) is 7.66. The first-order valence-corrected chi connectivity index (χ1v) is 13.2. The highest BCUT2D eigenvalue weighted by molar-refractivity contribution is 5.96. The average Bonchev–Trinajstić information content (AvgIpc) is 3.49. The third-order valence-corrected chi connectivity index (χ3v) is 7.66. The maximum Gasteiger partial charge on any atom is 0.354 e. The summed E-state index contributed by atoms with van der Waals surface area (Å²) in [6.45, 7) is 2.88. The zero-order valence-corrected chi connectivity index (χ0v) is 21.2. The van der Waals surface area contributed by atoms with E-state index in [0.717, 1.165) is 29.4 Å². The second-order valence-corrected chi connectivity index (χ2v) is 10.0. The third kappa shape index (κ3) is 6.51. The number of aryl methyl sites for hydroxylation is 1. The van der Waals surface area contributed by atoms with Gasteiger partial charge in [0.05, 0.1) is 25.9 Å². The lowest BCUT2D eigenvalue weighted by atomic mass is 9.75. The van der Waals surface area contributed by atoms with E-state index >= 15 is 0 Å². The lowest BCUT2D eigenvalue weighted by molar-refractivity contribution is -0.121. The molecular weight excluding hydrogens is 444 g/mol. The number of ether oxygens (including phenoxy) is 3. The largest absolute Gasteiger partial charge is 0.461 e. The molecule has 2 heterocycles. The van der Waals surface area contributed by atoms with Gasteiger partial charge in [-0.15, -0.1) is 0 Å². The van der Waals surface area contributed by atoms with Gasteiger partial charge in [-0.2, -0.15) is 0 Å². The van der Waals surface area contributed by atoms with Crippen molar-refractivity contribution in [1.82, 2.24) is 9.88 Å². The van der Waals surface area contributed by atoms with Crippen LogP contribution in [0.1, 0.15) is 61.0 Å². The van der Waals surface area contributed by atoms with Gasteiger partial charge in [0.25, 0.3) is 0 Å². The van der Waals surface area contributed by atoms with Crippen LogP contribution in [0, 0.1) is 11.8 Å². The molecule has 0 amide bonds. The Morgan fingerprint density at radius 3 is 2.66 bits per heavy atom. The zero-order chi connectivity index (χ0) is 24.6. The van der Waals surface area contributed by atoms with Crippen LogP contribution in [0.3, 0.4) is 0 Å². The number of Topliss-reactive ketones (excluding diaryl/α,β-unsaturated/α-hetero) is 1. The van der Waals surface area contributed by atoms with E-state index in [0.29, 0.717) is 62.6 Å². The first kappa shape index (κ1) is 25.9. The van der Waals surface area contributed by atoms with E-state index in [1.807, 2.05) is 35.9 Å². The van der Waals surface area contributed by atoms with Gasteiger partial charge >= 0.3 is 5.97 Å². The summed E-state index contributed by atoms with van der Waals surface area (Å²) in [7, 11) is 3.50. The van der Waals surface area contributed by atoms with Gasteiger partial charge in [0.2, 0.25) is 0 Å². The molecule has 0 unspecified atom stereocenters. The molecule has 0 spiro atoms. The Balaban J connectivity index is 1.34. The molecule has 2 atom stereocenters. The van der Waals surface area contributed by atoms with Crippen molar-refractivity contribution in [3.63, 3.8) is 0 Å². The summed E-state index contributed by atoms with van der Waals surface area (Å²) in [6, 6.07) is 7.89. The molecular formula is C28H40N2O5. The number of esters is 1. The molecule has 0 bridgehead atoms. The molecule has 0 radical (unpaired) electrons. The Kier molecular flexibility index (Phi) is 9.35. The van der Waals surface area contributed by atoms with E-state index < -0.39 is 0 Å². The number of methoxy groups -OCH3 is 1. The van der Waals surface area contributed by atoms with Crippen LogP contribution in [0.25, 0.3) is 10.9 Å². The van der Waals surface area contributed by atoms with Crippen molar-refractivity contribution in [3.8, 4) is 0 Å². The quantitative estimate of drug-likeness (QED) is 0.362. The maximum absolute atomic E-state index is 13.3. The summed E-state index contributed by atoms with van der Waals surface area (Å²) < 4.78 is 17.6. The van der Waals surface area contributed by atoms with Crippen molar-refractivity contribution in [2.45, 2.75) is 57.4 Å². The van der Waals surface area contributed by atoms with Crippen LogP contribution >= 0.6 is 0 Å². The van der Waals surface area contributed by atoms with Gasteiger partial charge in [0.1, 0.15) is 5.69 Å². The number of aromatic nitrogens is 1. The van der Waals surface area contributed by atoms with Gasteiger partial charge in [-0.1, -0.05) is 38.2 Å². The van der Waals surface area contributed by atoms with E-state index in [2.05, 4.69) is 5.32 Å². The van der Waals surface area contributed by atoms with E-state index in [9.17, 15) is 9.59 Å². The van der Waals surface area contributed by atoms with Gasteiger partial charge in [-0.3, -0.25) is 4.79 Å². The SMILES string of the molecule is COCCOCCCOC(=O)c1cc2cc(CC(=O)[C@H]3NCC[C@H]3C3CCCCC3)ccc2n1C. The Morgan fingerprint density at radius 2 is 1.86 bits per heavy atom. The minimum Gasteiger partial charge on any atom is -0.461 e. The van der Waals surface area contributed by atoms with E-state index in [4.69, 9.17) is 14.2 Å². The minimum absolute atomic E-state index is 0.0198. The average molecular weight is 485 g/mol. The molecule has 2 aliphatic rings. The maximum atomic E-state index is 13.3. The molecule has 1 saturated carbocycles. The van der Waals surface area contributed by atoms with E-state index in [1.165, 1.54) is 32.1 Å². The van der Waals surface area contributed by atoms with Crippen molar-refractivity contribution < 1.29 is 23.8 Å². The van der Waals surface area contributed by atoms with Crippen LogP contribution in [0.4, 0.5) is 0 Å². The lowest BCUT2D eigenvalue weighted by Crippen LogP contribution is -2.40. The minimum atomic E-state index is -0.344. The molecule has 1 N–H and O–H groups in total. The number of ketones is 1. The fourth-order valence-electron chi connectivity index (χ4n) is 5.81. The monoisotopic (exact) mass is 484 g/mol. The molecule has 7 nitrogen and oxygen atoms in total. The molecule has 1 aromatic heterocycles. The van der Waals surface area contributed by atoms with Crippen LogP contribution in [0.2, 0.25) is 0 Å². The molecule has 192 valence electrons. The molecule has 4 rings (SSSR count). The topological polar surface area (TPSA) is 78.8 Å². The predicted octanol–water partition coefficient (Wildman–Crippen LogP) is 4.06. The number of fused-ring (bicyclic) bond motifs is 1. The van der Waals surface area contributed by atoms with Crippen molar-refractivity contribution in [3.05, 3.63) is 35.5 Å². The van der Waals surface area contributed by atoms with Crippen molar-refractivity contribution >= 4 is 22.7 Å². The molecule has 1 aromatic carbocycles. The highest BCUT2D eigenvalue weighted by Crippen LogP contribution is 2.36. The summed E-state index contributed by atoms with van der Waals surface area (Å²) in [5.74, 6) is 1.12. The van der Waals surface area contributed by atoms with Gasteiger partial charge in [-0.05, 0) is 48.6 Å². The van der Waals surface area contributed by atoms with Gasteiger partial charge < -0.3 is 24.1 Å². The molecule has 2 aromatic rings. The number of nitrogens with zero attached hydrogens (tertiary/aromatic N) is 1. The number of benzene rings is 1. The van der Waals surface area contributed by atoms with Crippen LogP contribution < -0.4 is 5.32 Å².